The number of nitrogens with zero attached hydrogens (tertiary/aromatic N) is 4. The van der Waals surface area contributed by atoms with Crippen molar-refractivity contribution in [2.75, 3.05) is 25.7 Å². The summed E-state index contributed by atoms with van der Waals surface area (Å²) in [5.41, 5.74) is -1.72. The van der Waals surface area contributed by atoms with E-state index in [1.165, 1.54) is 24.1 Å². The van der Waals surface area contributed by atoms with Gasteiger partial charge in [-0.3, -0.25) is 0 Å². The number of aromatic nitrogens is 1. The Hall–Kier alpha value is -4.47. The third kappa shape index (κ3) is 3.65. The first kappa shape index (κ1) is 24.8. The predicted molar refractivity (Wildman–Crippen MR) is 134 cm³/mol. The highest BCUT2D eigenvalue weighted by atomic mass is 19.2. The maximum absolute atomic E-state index is 15.5. The number of hydrogen-bond acceptors (Lipinski definition) is 4. The van der Waals surface area contributed by atoms with Crippen molar-refractivity contribution in [2.45, 2.75) is 5.54 Å². The van der Waals surface area contributed by atoms with Gasteiger partial charge in [0.1, 0.15) is 40.4 Å². The molecular formula is C29H20F6N4. The average Bonchev–Trinajstić information content (AvgIpc) is 3.30. The van der Waals surface area contributed by atoms with Gasteiger partial charge in [0.2, 0.25) is 0 Å². The van der Waals surface area contributed by atoms with Crippen molar-refractivity contribution in [2.24, 2.45) is 0 Å². The molecule has 0 N–H and O–H groups in total. The Balaban J connectivity index is 1.76. The topological polar surface area (TPSA) is 22.6 Å². The molecule has 0 atom stereocenters. The molecule has 4 nitrogen and oxygen atoms in total. The van der Waals surface area contributed by atoms with Gasteiger partial charge in [0.05, 0.1) is 29.4 Å². The molecule has 0 bridgehead atoms. The van der Waals surface area contributed by atoms with Crippen LogP contribution in [0.3, 0.4) is 0 Å². The lowest BCUT2D eigenvalue weighted by molar-refractivity contribution is 0.188. The monoisotopic (exact) mass is 538 g/mol. The molecule has 0 radical (unpaired) electrons. The first-order valence-corrected chi connectivity index (χ1v) is 11.9. The van der Waals surface area contributed by atoms with Crippen molar-refractivity contribution in [1.29, 1.82) is 0 Å². The van der Waals surface area contributed by atoms with Crippen molar-refractivity contribution in [3.05, 3.63) is 125 Å². The SMILES string of the molecule is CN1C=CN(C2(c3cccc(-c4ccc(F)cc4F)n3)c3cc(F)cc(F)c3N(C)c3c(F)cc(F)cc32)C1. The summed E-state index contributed by atoms with van der Waals surface area (Å²) >= 11 is 0. The molecule has 6 rings (SSSR count). The van der Waals surface area contributed by atoms with Gasteiger partial charge in [-0.1, -0.05) is 6.07 Å². The second kappa shape index (κ2) is 8.79. The van der Waals surface area contributed by atoms with Gasteiger partial charge in [0.25, 0.3) is 0 Å². The molecule has 1 aromatic heterocycles. The molecule has 10 heteroatoms. The lowest BCUT2D eigenvalue weighted by Gasteiger charge is -2.49. The van der Waals surface area contributed by atoms with Crippen molar-refractivity contribution in [1.82, 2.24) is 14.8 Å². The van der Waals surface area contributed by atoms with Gasteiger partial charge in [-0.2, -0.15) is 0 Å². The third-order valence-electron chi connectivity index (χ3n) is 7.14. The quantitative estimate of drug-likeness (QED) is 0.273. The molecule has 2 aliphatic rings. The number of rotatable bonds is 3. The Morgan fingerprint density at radius 2 is 1.31 bits per heavy atom. The standard InChI is InChI=1S/C29H20F6N4/c1-37-8-9-39(15-37)29(26-5-3-4-25(36-26)19-7-6-16(30)12-22(19)33)20-10-17(31)13-23(34)27(20)38(2)28-21(29)11-18(32)14-24(28)35/h3-14H,15H2,1-2H3. The summed E-state index contributed by atoms with van der Waals surface area (Å²) in [6.07, 6.45) is 3.34. The van der Waals surface area contributed by atoms with Crippen LogP contribution in [0.25, 0.3) is 11.3 Å². The van der Waals surface area contributed by atoms with E-state index in [-0.39, 0.29) is 46.1 Å². The molecule has 39 heavy (non-hydrogen) atoms. The first-order chi connectivity index (χ1) is 18.6. The zero-order chi connectivity index (χ0) is 27.6. The molecule has 0 saturated heterocycles. The van der Waals surface area contributed by atoms with Gasteiger partial charge in [0, 0.05) is 61.4 Å². The first-order valence-electron chi connectivity index (χ1n) is 11.9. The van der Waals surface area contributed by atoms with Gasteiger partial charge in [-0.05, 0) is 36.4 Å². The molecule has 4 aromatic rings. The second-order valence-corrected chi connectivity index (χ2v) is 9.54. The molecule has 2 aliphatic heterocycles. The molecule has 0 fully saturated rings. The molecule has 0 aliphatic carbocycles. The molecular weight excluding hydrogens is 518 g/mol. The Bertz CT molecular complexity index is 1610. The van der Waals surface area contributed by atoms with Crippen LogP contribution in [0.15, 0.2) is 73.1 Å². The number of fused-ring (bicyclic) bond motifs is 2. The predicted octanol–water partition coefficient (Wildman–Crippen LogP) is 6.63. The minimum atomic E-state index is -1.75. The summed E-state index contributed by atoms with van der Waals surface area (Å²) in [6, 6.07) is 11.2. The van der Waals surface area contributed by atoms with E-state index in [0.717, 1.165) is 18.2 Å². The molecule has 198 valence electrons. The third-order valence-corrected chi connectivity index (χ3v) is 7.14. The number of hydrogen-bond donors (Lipinski definition) is 0. The van der Waals surface area contributed by atoms with Gasteiger partial charge in [-0.25, -0.2) is 31.3 Å². The molecule has 3 heterocycles. The van der Waals surface area contributed by atoms with Crippen LogP contribution in [-0.4, -0.2) is 35.5 Å². The van der Waals surface area contributed by atoms with E-state index in [9.17, 15) is 17.6 Å². The largest absolute Gasteiger partial charge is 0.362 e. The summed E-state index contributed by atoms with van der Waals surface area (Å²) < 4.78 is 89.3. The van der Waals surface area contributed by atoms with Crippen LogP contribution >= 0.6 is 0 Å². The van der Waals surface area contributed by atoms with Gasteiger partial charge in [-0.15, -0.1) is 0 Å². The van der Waals surface area contributed by atoms with Crippen LogP contribution in [0.4, 0.5) is 37.7 Å². The van der Waals surface area contributed by atoms with Crippen LogP contribution in [-0.2, 0) is 5.54 Å². The van der Waals surface area contributed by atoms with E-state index in [1.54, 1.807) is 41.4 Å². The fourth-order valence-electron chi connectivity index (χ4n) is 5.58. The number of pyridine rings is 1. The summed E-state index contributed by atoms with van der Waals surface area (Å²) in [4.78, 5) is 9.34. The van der Waals surface area contributed by atoms with Crippen LogP contribution < -0.4 is 4.90 Å². The molecule has 3 aromatic carbocycles. The van der Waals surface area contributed by atoms with E-state index >= 15 is 8.78 Å². The number of anilines is 2. The van der Waals surface area contributed by atoms with E-state index in [2.05, 4.69) is 4.98 Å². The minimum absolute atomic E-state index is 0.0216. The lowest BCUT2D eigenvalue weighted by Crippen LogP contribution is -2.50. The number of benzene rings is 3. The Labute approximate surface area is 220 Å². The zero-order valence-electron chi connectivity index (χ0n) is 20.7. The molecule has 0 unspecified atom stereocenters. The number of halogens is 6. The highest BCUT2D eigenvalue weighted by molar-refractivity contribution is 5.81. The van der Waals surface area contributed by atoms with E-state index in [0.29, 0.717) is 18.2 Å². The van der Waals surface area contributed by atoms with Crippen LogP contribution in [0.2, 0.25) is 0 Å². The molecule has 0 saturated carbocycles. The molecule has 0 amide bonds. The maximum atomic E-state index is 15.5. The van der Waals surface area contributed by atoms with Crippen LogP contribution in [0.1, 0.15) is 16.8 Å². The van der Waals surface area contributed by atoms with Gasteiger partial charge >= 0.3 is 0 Å². The maximum Gasteiger partial charge on any atom is 0.150 e. The summed E-state index contributed by atoms with van der Waals surface area (Å²) in [5.74, 6) is -5.35. The fourth-order valence-corrected chi connectivity index (χ4v) is 5.58. The summed E-state index contributed by atoms with van der Waals surface area (Å²) in [5, 5.41) is 0. The van der Waals surface area contributed by atoms with Gasteiger partial charge < -0.3 is 14.7 Å². The fraction of sp³-hybridized carbons (Fsp3) is 0.138. The van der Waals surface area contributed by atoms with Crippen molar-refractivity contribution < 1.29 is 26.3 Å². The van der Waals surface area contributed by atoms with Gasteiger partial charge in [0.15, 0.2) is 0 Å². The Kier molecular flexibility index (Phi) is 5.60. The zero-order valence-corrected chi connectivity index (χ0v) is 20.7. The normalized spacial score (nSPS) is 15.5. The highest BCUT2D eigenvalue weighted by Gasteiger charge is 2.52. The summed E-state index contributed by atoms with van der Waals surface area (Å²) in [7, 11) is 3.17. The molecule has 0 spiro atoms. The summed E-state index contributed by atoms with van der Waals surface area (Å²) in [6.45, 7) is 0.162. The Morgan fingerprint density at radius 3 is 1.87 bits per heavy atom. The average molecular weight is 538 g/mol. The van der Waals surface area contributed by atoms with E-state index in [4.69, 9.17) is 0 Å². The van der Waals surface area contributed by atoms with Crippen LogP contribution in [0, 0.1) is 34.9 Å². The second-order valence-electron chi connectivity index (χ2n) is 9.54. The highest BCUT2D eigenvalue weighted by Crippen LogP contribution is 2.55. The Morgan fingerprint density at radius 1 is 0.692 bits per heavy atom. The van der Waals surface area contributed by atoms with Crippen LogP contribution in [0.5, 0.6) is 0 Å². The van der Waals surface area contributed by atoms with E-state index < -0.39 is 40.4 Å². The lowest BCUT2D eigenvalue weighted by atomic mass is 9.73. The van der Waals surface area contributed by atoms with Crippen molar-refractivity contribution in [3.8, 4) is 11.3 Å². The minimum Gasteiger partial charge on any atom is -0.362 e. The van der Waals surface area contributed by atoms with Crippen molar-refractivity contribution >= 4 is 11.4 Å². The smallest absolute Gasteiger partial charge is 0.150 e. The van der Waals surface area contributed by atoms with Crippen molar-refractivity contribution in [3.63, 3.8) is 0 Å². The van der Waals surface area contributed by atoms with E-state index in [1.807, 2.05) is 0 Å².